The van der Waals surface area contributed by atoms with Crippen molar-refractivity contribution in [1.29, 1.82) is 0 Å². The number of nitrogens with zero attached hydrogens (tertiary/aromatic N) is 1. The minimum atomic E-state index is -1.48. The number of aliphatic hydroxyl groups excluding tert-OH is 3. The first-order valence-electron chi connectivity index (χ1n) is 22.9. The van der Waals surface area contributed by atoms with Gasteiger partial charge in [0.15, 0.2) is 11.9 Å². The molecule has 13 rings (SSSR count). The topological polar surface area (TPSA) is 181 Å². The third-order valence-corrected chi connectivity index (χ3v) is 19.6. The molecule has 9 fully saturated rings. The maximum Gasteiger partial charge on any atom is 0.339 e. The first-order valence-corrected chi connectivity index (χ1v) is 22.9. The van der Waals surface area contributed by atoms with Crippen LogP contribution in [0.1, 0.15) is 102 Å². The Balaban J connectivity index is 0.931. The Morgan fingerprint density at radius 2 is 1.83 bits per heavy atom. The number of carbonyl (C=O) groups excluding carboxylic acids is 3. The average Bonchev–Trinajstić information content (AvgIpc) is 3.57. The van der Waals surface area contributed by atoms with E-state index in [1.54, 1.807) is 6.26 Å². The van der Waals surface area contributed by atoms with Crippen molar-refractivity contribution in [3.05, 3.63) is 48.1 Å². The van der Waals surface area contributed by atoms with Crippen LogP contribution in [0.4, 0.5) is 0 Å². The molecule has 0 aromatic carbocycles. The van der Waals surface area contributed by atoms with E-state index in [2.05, 4.69) is 29.4 Å². The van der Waals surface area contributed by atoms with Gasteiger partial charge in [0.25, 0.3) is 0 Å². The molecule has 1 aromatic heterocycles. The van der Waals surface area contributed by atoms with E-state index in [-0.39, 0.29) is 36.8 Å². The van der Waals surface area contributed by atoms with Crippen molar-refractivity contribution in [2.75, 3.05) is 26.4 Å². The fraction of sp³-hybridized carbons (Fsp3) is 0.766. The molecule has 1 aromatic rings. The van der Waals surface area contributed by atoms with Gasteiger partial charge in [-0.1, -0.05) is 38.0 Å². The van der Waals surface area contributed by atoms with E-state index in [1.807, 2.05) is 32.1 Å². The van der Waals surface area contributed by atoms with Crippen LogP contribution in [0.2, 0.25) is 0 Å². The predicted molar refractivity (Wildman–Crippen MR) is 211 cm³/mol. The van der Waals surface area contributed by atoms with Crippen LogP contribution in [0, 0.1) is 56.7 Å². The number of rotatable bonds is 6. The summed E-state index contributed by atoms with van der Waals surface area (Å²) >= 11 is 0. The van der Waals surface area contributed by atoms with Crippen LogP contribution in [0.3, 0.4) is 0 Å². The van der Waals surface area contributed by atoms with E-state index in [9.17, 15) is 24.9 Å². The van der Waals surface area contributed by atoms with Crippen molar-refractivity contribution in [1.82, 2.24) is 10.2 Å². The summed E-state index contributed by atoms with van der Waals surface area (Å²) in [6.45, 7) is 7.42. The molecule has 4 N–H and O–H groups in total. The maximum absolute atomic E-state index is 15.5. The molecular formula is C47H60N2O11. The second kappa shape index (κ2) is 12.3. The Morgan fingerprint density at radius 3 is 2.63 bits per heavy atom. The fourth-order valence-corrected chi connectivity index (χ4v) is 17.2. The van der Waals surface area contributed by atoms with E-state index in [0.717, 1.165) is 45.3 Å². The third-order valence-electron chi connectivity index (χ3n) is 19.6. The number of aliphatic hydroxyl groups is 3. The maximum atomic E-state index is 15.5. The smallest absolute Gasteiger partial charge is 0.339 e. The number of Topliss-reactive ketones (excluding diaryl/α,β-unsaturated/α-hetero) is 1. The highest BCUT2D eigenvalue weighted by atomic mass is 16.7. The van der Waals surface area contributed by atoms with Crippen LogP contribution in [0.5, 0.6) is 0 Å². The number of nitrogens with one attached hydrogen (secondary N) is 1. The predicted octanol–water partition coefficient (Wildman–Crippen LogP) is 3.89. The number of esters is 2. The highest BCUT2D eigenvalue weighted by Crippen LogP contribution is 2.85. The molecule has 16 unspecified atom stereocenters. The molecule has 13 nitrogen and oxygen atoms in total. The van der Waals surface area contributed by atoms with Crippen LogP contribution in [-0.4, -0.2) is 106 Å². The van der Waals surface area contributed by atoms with Gasteiger partial charge in [0.1, 0.15) is 30.2 Å². The second-order valence-electron chi connectivity index (χ2n) is 21.6. The monoisotopic (exact) mass is 828 g/mol. The van der Waals surface area contributed by atoms with E-state index in [4.69, 9.17) is 23.4 Å². The number of hydrogen-bond acceptors (Lipinski definition) is 13. The lowest BCUT2D eigenvalue weighted by Crippen LogP contribution is -2.80. The van der Waals surface area contributed by atoms with Gasteiger partial charge in [-0.2, -0.15) is 0 Å². The summed E-state index contributed by atoms with van der Waals surface area (Å²) in [5.74, 6) is -0.172. The number of epoxide rings is 1. The number of fused-ring (bicyclic) bond motifs is 6. The van der Waals surface area contributed by atoms with Gasteiger partial charge >= 0.3 is 11.9 Å². The zero-order valence-corrected chi connectivity index (χ0v) is 35.0. The zero-order chi connectivity index (χ0) is 41.4. The summed E-state index contributed by atoms with van der Waals surface area (Å²) in [7, 11) is 0. The minimum Gasteiger partial charge on any atom is -0.469 e. The molecule has 2 bridgehead atoms. The summed E-state index contributed by atoms with van der Waals surface area (Å²) in [6.07, 6.45) is 12.8. The van der Waals surface area contributed by atoms with Crippen LogP contribution in [0.25, 0.3) is 0 Å². The molecule has 5 spiro atoms. The fourth-order valence-electron chi connectivity index (χ4n) is 17.2. The number of carbonyl (C=O) groups is 3. The number of ketones is 1. The Hall–Kier alpha value is -3.07. The molecule has 16 atom stereocenters. The molecule has 6 aliphatic carbocycles. The molecule has 12 aliphatic rings. The number of ether oxygens (including phenoxy) is 4. The van der Waals surface area contributed by atoms with E-state index < -0.39 is 80.7 Å². The molecule has 324 valence electrons. The van der Waals surface area contributed by atoms with Crippen molar-refractivity contribution in [3.8, 4) is 0 Å². The van der Waals surface area contributed by atoms with Crippen LogP contribution in [0.15, 0.2) is 41.2 Å². The van der Waals surface area contributed by atoms with Gasteiger partial charge in [-0.15, -0.1) is 0 Å². The summed E-state index contributed by atoms with van der Waals surface area (Å²) in [4.78, 5) is 46.3. The summed E-state index contributed by atoms with van der Waals surface area (Å²) in [6, 6.07) is 2.33. The lowest BCUT2D eigenvalue weighted by Gasteiger charge is -2.69. The first kappa shape index (κ1) is 38.6. The van der Waals surface area contributed by atoms with Gasteiger partial charge in [-0.05, 0) is 107 Å². The highest BCUT2D eigenvalue weighted by Gasteiger charge is 2.95. The van der Waals surface area contributed by atoms with Crippen LogP contribution in [-0.2, 0) is 39.8 Å². The van der Waals surface area contributed by atoms with Gasteiger partial charge in [-0.25, -0.2) is 4.79 Å². The van der Waals surface area contributed by atoms with Gasteiger partial charge < -0.3 is 43.6 Å². The van der Waals surface area contributed by atoms with Crippen molar-refractivity contribution < 1.29 is 53.1 Å². The van der Waals surface area contributed by atoms with Gasteiger partial charge in [0.2, 0.25) is 0 Å². The number of furan rings is 1. The Morgan fingerprint density at radius 1 is 1.02 bits per heavy atom. The molecule has 6 aliphatic heterocycles. The number of allylic oxidation sites excluding steroid dienone is 2. The van der Waals surface area contributed by atoms with Crippen molar-refractivity contribution in [2.45, 2.75) is 139 Å². The lowest BCUT2D eigenvalue weighted by molar-refractivity contribution is -0.273. The average molecular weight is 829 g/mol. The lowest BCUT2D eigenvalue weighted by atomic mass is 9.32. The molecule has 60 heavy (non-hydrogen) atoms. The third kappa shape index (κ3) is 4.16. The molecule has 0 amide bonds. The van der Waals surface area contributed by atoms with E-state index in [0.29, 0.717) is 67.7 Å². The Bertz CT molecular complexity index is 2090. The van der Waals surface area contributed by atoms with Crippen molar-refractivity contribution >= 4 is 17.7 Å². The normalized spacial score (nSPS) is 49.4. The molecule has 5 saturated heterocycles. The van der Waals surface area contributed by atoms with E-state index in [1.165, 1.54) is 0 Å². The van der Waals surface area contributed by atoms with Gasteiger partial charge in [-0.3, -0.25) is 14.9 Å². The van der Waals surface area contributed by atoms with Crippen molar-refractivity contribution in [2.24, 2.45) is 56.7 Å². The van der Waals surface area contributed by atoms with Gasteiger partial charge in [0.05, 0.1) is 53.6 Å². The molecular weight excluding hydrogens is 769 g/mol. The molecule has 4 saturated carbocycles. The quantitative estimate of drug-likeness (QED) is 0.185. The van der Waals surface area contributed by atoms with E-state index >= 15 is 4.79 Å². The Kier molecular flexibility index (Phi) is 7.94. The molecule has 13 heteroatoms. The highest BCUT2D eigenvalue weighted by molar-refractivity contribution is 5.98. The number of cyclic esters (lactones) is 2. The second-order valence-corrected chi connectivity index (χ2v) is 21.6. The summed E-state index contributed by atoms with van der Waals surface area (Å²) < 4.78 is 33.1. The summed E-state index contributed by atoms with van der Waals surface area (Å²) in [5.41, 5.74) is -6.97. The molecule has 7 heterocycles. The SMILES string of the molecule is CC1(C)OC2C3(CCCC3)C(=O)OCC23C2CCC4(C)C(c5ccoc5CC(C(O)CO)C5CCC6C(C=CN7CNCC67)C5)OC(=O)C5OC54C24CC=CC13C(=O)C4O. The number of hydrogen-bond donors (Lipinski definition) is 4. The zero-order valence-electron chi connectivity index (χ0n) is 35.0. The van der Waals surface area contributed by atoms with Crippen LogP contribution < -0.4 is 5.32 Å². The minimum absolute atomic E-state index is 0.00293. The standard InChI is InChI=1S/C47H60N2O11/c1-41(2)46-15-6-14-44(34(52)35(46)53)33(45(46)23-57-40(55)43(39(45)60-41)12-4-5-13-43)9-16-42(3)36(58-38(54)37-47(42,44)59-37)28-11-18-56-32(28)20-29(31(51)22-50)25-7-8-27-26(19-25)10-17-49-24-48-21-30(27)49/h6,10-11,15,17-18,25-27,29-31,33-34,36-37,39,48,50-52H,4-5,7-9,12-14,16,19-24H2,1-3H3. The van der Waals surface area contributed by atoms with Gasteiger partial charge in [0, 0.05) is 35.4 Å². The van der Waals surface area contributed by atoms with Crippen molar-refractivity contribution in [3.63, 3.8) is 0 Å². The largest absolute Gasteiger partial charge is 0.469 e. The first-order chi connectivity index (χ1) is 28.8. The molecule has 0 radical (unpaired) electrons. The van der Waals surface area contributed by atoms with Crippen LogP contribution >= 0.6 is 0 Å². The summed E-state index contributed by atoms with van der Waals surface area (Å²) in [5, 5.41) is 38.3. The Labute approximate surface area is 350 Å².